The Labute approximate surface area is 137 Å². The molecule has 0 unspecified atom stereocenters. The summed E-state index contributed by atoms with van der Waals surface area (Å²) in [5, 5.41) is 15.1. The first kappa shape index (κ1) is 14.2. The van der Waals surface area contributed by atoms with Crippen LogP contribution < -0.4 is 5.32 Å². The van der Waals surface area contributed by atoms with Crippen molar-refractivity contribution in [3.8, 4) is 0 Å². The van der Waals surface area contributed by atoms with Gasteiger partial charge in [-0.1, -0.05) is 40.4 Å². The number of fused-ring (bicyclic) bond motifs is 3. The summed E-state index contributed by atoms with van der Waals surface area (Å²) in [6.45, 7) is 1.68. The van der Waals surface area contributed by atoms with Crippen molar-refractivity contribution in [1.82, 2.24) is 24.7 Å². The summed E-state index contributed by atoms with van der Waals surface area (Å²) in [5.41, 5.74) is 1.04. The Morgan fingerprint density at radius 3 is 3.09 bits per heavy atom. The minimum Gasteiger partial charge on any atom is -0.315 e. The second-order valence-corrected chi connectivity index (χ2v) is 6.61. The zero-order valence-electron chi connectivity index (χ0n) is 11.9. The molecule has 0 aliphatic heterocycles. The molecule has 1 N–H and O–H groups in total. The number of hydrogen-bond donors (Lipinski definition) is 1. The first-order valence-electron chi connectivity index (χ1n) is 6.66. The van der Waals surface area contributed by atoms with Gasteiger partial charge in [-0.15, -0.1) is 10.2 Å². The average molecular weight is 346 g/mol. The molecule has 116 valence electrons. The van der Waals surface area contributed by atoms with Crippen LogP contribution in [0.3, 0.4) is 0 Å². The van der Waals surface area contributed by atoms with Crippen molar-refractivity contribution in [2.45, 2.75) is 12.1 Å². The van der Waals surface area contributed by atoms with E-state index >= 15 is 0 Å². The maximum atomic E-state index is 11.9. The number of anilines is 1. The summed E-state index contributed by atoms with van der Waals surface area (Å²) < 4.78 is 7.94. The Bertz CT molecular complexity index is 1000. The zero-order valence-corrected chi connectivity index (χ0v) is 13.5. The van der Waals surface area contributed by atoms with E-state index in [0.717, 1.165) is 15.2 Å². The van der Waals surface area contributed by atoms with Crippen molar-refractivity contribution in [3.63, 3.8) is 0 Å². The molecule has 10 heteroatoms. The van der Waals surface area contributed by atoms with Gasteiger partial charge >= 0.3 is 6.01 Å². The van der Waals surface area contributed by atoms with Gasteiger partial charge in [-0.2, -0.15) is 4.98 Å². The van der Waals surface area contributed by atoms with Crippen LogP contribution in [-0.4, -0.2) is 36.4 Å². The molecule has 0 atom stereocenters. The number of carbonyl (C=O) groups is 1. The molecule has 1 aromatic carbocycles. The number of rotatable bonds is 4. The van der Waals surface area contributed by atoms with Crippen molar-refractivity contribution in [1.29, 1.82) is 0 Å². The minimum atomic E-state index is -0.241. The van der Waals surface area contributed by atoms with Crippen LogP contribution in [0.5, 0.6) is 0 Å². The Kier molecular flexibility index (Phi) is 3.46. The SMILES string of the molecule is Cc1noc(NC(=O)CSc2nnc3sc4ccccc4n23)n1. The number of aromatic nitrogens is 5. The number of nitrogens with zero attached hydrogens (tertiary/aromatic N) is 5. The second-order valence-electron chi connectivity index (χ2n) is 4.65. The van der Waals surface area contributed by atoms with Gasteiger partial charge in [-0.05, 0) is 19.1 Å². The second kappa shape index (κ2) is 5.63. The molecular weight excluding hydrogens is 336 g/mol. The zero-order chi connectivity index (χ0) is 15.8. The van der Waals surface area contributed by atoms with Gasteiger partial charge in [0.05, 0.1) is 16.0 Å². The highest BCUT2D eigenvalue weighted by molar-refractivity contribution is 7.99. The molecule has 3 aromatic heterocycles. The van der Waals surface area contributed by atoms with Crippen molar-refractivity contribution in [2.24, 2.45) is 0 Å². The largest absolute Gasteiger partial charge is 0.328 e. The van der Waals surface area contributed by atoms with Crippen LogP contribution in [0.15, 0.2) is 33.9 Å². The molecule has 0 fully saturated rings. The Hall–Kier alpha value is -2.46. The number of benzene rings is 1. The van der Waals surface area contributed by atoms with Gasteiger partial charge < -0.3 is 4.52 Å². The normalized spacial score (nSPS) is 11.3. The van der Waals surface area contributed by atoms with Gasteiger partial charge in [0.15, 0.2) is 11.0 Å². The molecule has 4 rings (SSSR count). The van der Waals surface area contributed by atoms with Gasteiger partial charge in [-0.25, -0.2) is 0 Å². The summed E-state index contributed by atoms with van der Waals surface area (Å²) in [5.74, 6) is 0.402. The van der Waals surface area contributed by atoms with Gasteiger partial charge in [0.25, 0.3) is 0 Å². The molecule has 23 heavy (non-hydrogen) atoms. The van der Waals surface area contributed by atoms with Crippen LogP contribution in [0.2, 0.25) is 0 Å². The lowest BCUT2D eigenvalue weighted by molar-refractivity contribution is -0.114. The highest BCUT2D eigenvalue weighted by Crippen LogP contribution is 2.29. The number of carbonyl (C=O) groups excluding carboxylic acids is 1. The molecule has 0 aliphatic rings. The van der Waals surface area contributed by atoms with Crippen LogP contribution >= 0.6 is 23.1 Å². The smallest absolute Gasteiger partial charge is 0.315 e. The third-order valence-corrected chi connectivity index (χ3v) is 4.96. The number of para-hydroxylation sites is 1. The molecule has 0 saturated carbocycles. The van der Waals surface area contributed by atoms with Crippen molar-refractivity contribution in [3.05, 3.63) is 30.1 Å². The average Bonchev–Trinajstić information content (AvgIpc) is 3.20. The van der Waals surface area contributed by atoms with Gasteiger partial charge in [0, 0.05) is 0 Å². The fourth-order valence-corrected chi connectivity index (χ4v) is 3.85. The molecule has 1 amide bonds. The van der Waals surface area contributed by atoms with E-state index in [9.17, 15) is 4.79 Å². The predicted molar refractivity (Wildman–Crippen MR) is 86.8 cm³/mol. The van der Waals surface area contributed by atoms with Gasteiger partial charge in [0.2, 0.25) is 10.9 Å². The molecule has 0 bridgehead atoms. The van der Waals surface area contributed by atoms with Crippen molar-refractivity contribution in [2.75, 3.05) is 11.1 Å². The Morgan fingerprint density at radius 2 is 2.26 bits per heavy atom. The summed E-state index contributed by atoms with van der Waals surface area (Å²) in [4.78, 5) is 16.7. The lowest BCUT2D eigenvalue weighted by atomic mass is 10.3. The molecule has 0 spiro atoms. The van der Waals surface area contributed by atoms with E-state index in [2.05, 4.69) is 25.7 Å². The van der Waals surface area contributed by atoms with Crippen LogP contribution in [-0.2, 0) is 4.79 Å². The van der Waals surface area contributed by atoms with Crippen LogP contribution in [0, 0.1) is 6.92 Å². The van der Waals surface area contributed by atoms with E-state index < -0.39 is 0 Å². The summed E-state index contributed by atoms with van der Waals surface area (Å²) in [6, 6.07) is 8.09. The number of aryl methyl sites for hydroxylation is 1. The van der Waals surface area contributed by atoms with Gasteiger partial charge in [-0.3, -0.25) is 14.5 Å². The fourth-order valence-electron chi connectivity index (χ4n) is 2.08. The van der Waals surface area contributed by atoms with Crippen molar-refractivity contribution < 1.29 is 9.32 Å². The fraction of sp³-hybridized carbons (Fsp3) is 0.154. The number of hydrogen-bond acceptors (Lipinski definition) is 8. The lowest BCUT2D eigenvalue weighted by Crippen LogP contribution is -2.14. The third-order valence-electron chi connectivity index (χ3n) is 3.02. The number of amides is 1. The van der Waals surface area contributed by atoms with E-state index in [4.69, 9.17) is 4.52 Å². The number of thiazole rings is 1. The quantitative estimate of drug-likeness (QED) is 0.566. The summed E-state index contributed by atoms with van der Waals surface area (Å²) in [7, 11) is 0. The summed E-state index contributed by atoms with van der Waals surface area (Å²) >= 11 is 2.87. The topological polar surface area (TPSA) is 98.2 Å². The van der Waals surface area contributed by atoms with E-state index in [-0.39, 0.29) is 17.7 Å². The first-order valence-corrected chi connectivity index (χ1v) is 8.46. The van der Waals surface area contributed by atoms with Crippen LogP contribution in [0.25, 0.3) is 15.2 Å². The lowest BCUT2D eigenvalue weighted by Gasteiger charge is -1.99. The molecule has 4 aromatic rings. The monoisotopic (exact) mass is 346 g/mol. The molecular formula is C13H10N6O2S2. The maximum absolute atomic E-state index is 11.9. The van der Waals surface area contributed by atoms with E-state index in [0.29, 0.717) is 11.0 Å². The van der Waals surface area contributed by atoms with E-state index in [1.165, 1.54) is 11.8 Å². The standard InChI is InChI=1S/C13H10N6O2S2/c1-7-14-11(21-18-7)15-10(20)6-22-12-16-17-13-19(12)8-4-2-3-5-9(8)23-13/h2-5H,6H2,1H3,(H,14,15,18,20). The predicted octanol–water partition coefficient (Wildman–Crippen LogP) is 2.37. The number of nitrogens with one attached hydrogen (secondary N) is 1. The van der Waals surface area contributed by atoms with Crippen molar-refractivity contribution >= 4 is 50.2 Å². The molecule has 0 aliphatic carbocycles. The highest BCUT2D eigenvalue weighted by Gasteiger charge is 2.15. The van der Waals surface area contributed by atoms with E-state index in [1.54, 1.807) is 18.3 Å². The maximum Gasteiger partial charge on any atom is 0.328 e. The van der Waals surface area contributed by atoms with Gasteiger partial charge in [0.1, 0.15) is 0 Å². The Balaban J connectivity index is 1.52. The number of thioether (sulfide) groups is 1. The molecule has 0 radical (unpaired) electrons. The third kappa shape index (κ3) is 2.66. The molecule has 3 heterocycles. The van der Waals surface area contributed by atoms with Crippen LogP contribution in [0.4, 0.5) is 6.01 Å². The minimum absolute atomic E-state index is 0.0977. The first-order chi connectivity index (χ1) is 11.2. The van der Waals surface area contributed by atoms with E-state index in [1.807, 2.05) is 28.7 Å². The molecule has 8 nitrogen and oxygen atoms in total. The Morgan fingerprint density at radius 1 is 1.39 bits per heavy atom. The summed E-state index contributed by atoms with van der Waals surface area (Å²) in [6.07, 6.45) is 0. The molecule has 0 saturated heterocycles. The van der Waals surface area contributed by atoms with Crippen LogP contribution in [0.1, 0.15) is 5.82 Å². The highest BCUT2D eigenvalue weighted by atomic mass is 32.2.